The Bertz CT molecular complexity index is 914. The van der Waals surface area contributed by atoms with Crippen LogP contribution in [0.15, 0.2) is 36.7 Å². The molecule has 2 fully saturated rings. The topological polar surface area (TPSA) is 61.3 Å². The summed E-state index contributed by atoms with van der Waals surface area (Å²) >= 11 is 0. The second-order valence-electron chi connectivity index (χ2n) is 11.2. The van der Waals surface area contributed by atoms with E-state index in [1.807, 2.05) is 24.3 Å². The lowest BCUT2D eigenvalue weighted by Gasteiger charge is -2.27. The van der Waals surface area contributed by atoms with Crippen LogP contribution >= 0.6 is 0 Å². The van der Waals surface area contributed by atoms with Crippen molar-refractivity contribution in [2.24, 2.45) is 17.8 Å². The monoisotopic (exact) mass is 506 g/mol. The normalized spacial score (nSPS) is 20.1. The summed E-state index contributed by atoms with van der Waals surface area (Å²) in [6.07, 6.45) is 23.7. The average molecular weight is 507 g/mol. The highest BCUT2D eigenvalue weighted by Crippen LogP contribution is 2.33. The zero-order valence-electron chi connectivity index (χ0n) is 22.8. The van der Waals surface area contributed by atoms with Crippen LogP contribution in [0.2, 0.25) is 0 Å². The lowest BCUT2D eigenvalue weighted by Crippen LogP contribution is -2.25. The van der Waals surface area contributed by atoms with Crippen LogP contribution in [-0.4, -0.2) is 22.5 Å². The zero-order valence-corrected chi connectivity index (χ0v) is 22.8. The van der Waals surface area contributed by atoms with Crippen molar-refractivity contribution in [2.45, 2.75) is 110 Å². The van der Waals surface area contributed by atoms with Crippen LogP contribution in [0.5, 0.6) is 11.5 Å². The molecule has 2 aliphatic rings. The summed E-state index contributed by atoms with van der Waals surface area (Å²) in [5.74, 6) is 3.66. The minimum absolute atomic E-state index is 0.0327. The summed E-state index contributed by atoms with van der Waals surface area (Å²) in [6, 6.07) is 7.49. The molecule has 1 heterocycles. The lowest BCUT2D eigenvalue weighted by molar-refractivity contribution is -0.140. The first-order valence-corrected chi connectivity index (χ1v) is 15.0. The Balaban J connectivity index is 1.14. The van der Waals surface area contributed by atoms with Gasteiger partial charge in [0.25, 0.3) is 0 Å². The number of nitrogens with zero attached hydrogens (tertiary/aromatic N) is 2. The van der Waals surface area contributed by atoms with Gasteiger partial charge in [0.1, 0.15) is 5.75 Å². The van der Waals surface area contributed by atoms with Crippen molar-refractivity contribution in [1.29, 1.82) is 0 Å². The Morgan fingerprint density at radius 1 is 0.784 bits per heavy atom. The molecule has 0 bridgehead atoms. The number of ether oxygens (including phenoxy) is 2. The first kappa shape index (κ1) is 27.6. The standard InChI is InChI=1S/C32H46N2O3/c1-2-3-5-10-26-14-16-28(17-15-26)32(35)37-29-20-18-27(19-21-29)31-33-23-30(24-34-31)36-22-9-4-6-11-25-12-7-8-13-25/h18-21,23-26,28H,2-17,22H2,1H3/t26-,28-. The zero-order chi connectivity index (χ0) is 25.7. The maximum atomic E-state index is 12.7. The molecule has 2 saturated carbocycles. The van der Waals surface area contributed by atoms with E-state index in [2.05, 4.69) is 16.9 Å². The number of hydrogen-bond acceptors (Lipinski definition) is 5. The predicted octanol–water partition coefficient (Wildman–Crippen LogP) is 8.57. The Labute approximate surface area is 223 Å². The van der Waals surface area contributed by atoms with Crippen molar-refractivity contribution < 1.29 is 14.3 Å². The highest BCUT2D eigenvalue weighted by atomic mass is 16.5. The van der Waals surface area contributed by atoms with Gasteiger partial charge in [-0.15, -0.1) is 0 Å². The smallest absolute Gasteiger partial charge is 0.314 e. The molecule has 1 aromatic carbocycles. The molecule has 0 saturated heterocycles. The first-order valence-electron chi connectivity index (χ1n) is 15.0. The number of benzene rings is 1. The van der Waals surface area contributed by atoms with Crippen LogP contribution < -0.4 is 9.47 Å². The number of esters is 1. The molecular weight excluding hydrogens is 460 g/mol. The van der Waals surface area contributed by atoms with Crippen molar-refractivity contribution in [1.82, 2.24) is 9.97 Å². The summed E-state index contributed by atoms with van der Waals surface area (Å²) in [4.78, 5) is 21.6. The van der Waals surface area contributed by atoms with E-state index in [9.17, 15) is 4.79 Å². The van der Waals surface area contributed by atoms with Crippen LogP contribution in [0.4, 0.5) is 0 Å². The van der Waals surface area contributed by atoms with E-state index in [0.717, 1.165) is 49.5 Å². The third-order valence-corrected chi connectivity index (χ3v) is 8.36. The van der Waals surface area contributed by atoms with Crippen molar-refractivity contribution in [3.63, 3.8) is 0 Å². The minimum atomic E-state index is -0.0870. The van der Waals surface area contributed by atoms with Gasteiger partial charge in [-0.05, 0) is 68.2 Å². The molecule has 1 aromatic heterocycles. The van der Waals surface area contributed by atoms with E-state index >= 15 is 0 Å². The molecule has 0 amide bonds. The van der Waals surface area contributed by atoms with Crippen LogP contribution in [-0.2, 0) is 4.79 Å². The highest BCUT2D eigenvalue weighted by Gasteiger charge is 2.27. The Kier molecular flexibility index (Phi) is 11.3. The molecule has 5 heteroatoms. The Morgan fingerprint density at radius 2 is 1.43 bits per heavy atom. The summed E-state index contributed by atoms with van der Waals surface area (Å²) in [7, 11) is 0. The molecule has 0 unspecified atom stereocenters. The van der Waals surface area contributed by atoms with Crippen molar-refractivity contribution in [3.05, 3.63) is 36.7 Å². The van der Waals surface area contributed by atoms with E-state index in [1.54, 1.807) is 12.4 Å². The van der Waals surface area contributed by atoms with Gasteiger partial charge < -0.3 is 9.47 Å². The van der Waals surface area contributed by atoms with Crippen LogP contribution in [0.1, 0.15) is 110 Å². The van der Waals surface area contributed by atoms with Gasteiger partial charge in [0.2, 0.25) is 0 Å². The van der Waals surface area contributed by atoms with Crippen molar-refractivity contribution in [3.8, 4) is 22.9 Å². The molecule has 2 aliphatic carbocycles. The van der Waals surface area contributed by atoms with Gasteiger partial charge in [0.15, 0.2) is 11.6 Å². The fourth-order valence-electron chi connectivity index (χ4n) is 5.98. The third kappa shape index (κ3) is 9.12. The molecule has 0 atom stereocenters. The number of carbonyl (C=O) groups is 1. The molecular formula is C32H46N2O3. The van der Waals surface area contributed by atoms with Gasteiger partial charge in [0.05, 0.1) is 24.9 Å². The van der Waals surface area contributed by atoms with Crippen molar-refractivity contribution >= 4 is 5.97 Å². The van der Waals surface area contributed by atoms with Gasteiger partial charge in [-0.1, -0.05) is 77.6 Å². The molecule has 4 rings (SSSR count). The number of carbonyl (C=O) groups excluding carboxylic acids is 1. The van der Waals surface area contributed by atoms with Gasteiger partial charge in [0, 0.05) is 5.56 Å². The first-order chi connectivity index (χ1) is 18.2. The molecule has 0 aliphatic heterocycles. The minimum Gasteiger partial charge on any atom is -0.490 e. The summed E-state index contributed by atoms with van der Waals surface area (Å²) in [6.45, 7) is 2.96. The van der Waals surface area contributed by atoms with E-state index in [-0.39, 0.29) is 11.9 Å². The van der Waals surface area contributed by atoms with Gasteiger partial charge in [-0.25, -0.2) is 9.97 Å². The molecule has 0 N–H and O–H groups in total. The van der Waals surface area contributed by atoms with Crippen LogP contribution in [0.3, 0.4) is 0 Å². The van der Waals surface area contributed by atoms with Gasteiger partial charge in [-0.2, -0.15) is 0 Å². The highest BCUT2D eigenvalue weighted by molar-refractivity contribution is 5.75. The van der Waals surface area contributed by atoms with Gasteiger partial charge in [-0.3, -0.25) is 4.79 Å². The quantitative estimate of drug-likeness (QED) is 0.146. The number of rotatable bonds is 14. The number of unbranched alkanes of at least 4 members (excludes halogenated alkanes) is 4. The lowest BCUT2D eigenvalue weighted by atomic mass is 9.80. The molecule has 202 valence electrons. The molecule has 0 radical (unpaired) electrons. The molecule has 0 spiro atoms. The second kappa shape index (κ2) is 15.1. The summed E-state index contributed by atoms with van der Waals surface area (Å²) < 4.78 is 11.5. The summed E-state index contributed by atoms with van der Waals surface area (Å²) in [5.41, 5.74) is 0.894. The molecule has 2 aromatic rings. The van der Waals surface area contributed by atoms with Gasteiger partial charge >= 0.3 is 5.97 Å². The summed E-state index contributed by atoms with van der Waals surface area (Å²) in [5, 5.41) is 0. The Morgan fingerprint density at radius 3 is 2.11 bits per heavy atom. The maximum Gasteiger partial charge on any atom is 0.314 e. The molecule has 37 heavy (non-hydrogen) atoms. The average Bonchev–Trinajstić information content (AvgIpc) is 3.46. The fraction of sp³-hybridized carbons (Fsp3) is 0.656. The van der Waals surface area contributed by atoms with E-state index in [4.69, 9.17) is 9.47 Å². The largest absolute Gasteiger partial charge is 0.490 e. The maximum absolute atomic E-state index is 12.7. The number of aromatic nitrogens is 2. The van der Waals surface area contributed by atoms with Crippen LogP contribution in [0, 0.1) is 17.8 Å². The third-order valence-electron chi connectivity index (χ3n) is 8.36. The SMILES string of the molecule is CCCCC[C@H]1CC[C@H](C(=O)Oc2ccc(-c3ncc(OCCCCCC4CCCC4)cn3)cc2)CC1. The Hall–Kier alpha value is -2.43. The number of hydrogen-bond donors (Lipinski definition) is 0. The van der Waals surface area contributed by atoms with E-state index < -0.39 is 0 Å². The molecule has 5 nitrogen and oxygen atoms in total. The van der Waals surface area contributed by atoms with Crippen LogP contribution in [0.25, 0.3) is 11.4 Å². The van der Waals surface area contributed by atoms with E-state index in [0.29, 0.717) is 23.9 Å². The predicted molar refractivity (Wildman–Crippen MR) is 149 cm³/mol. The van der Waals surface area contributed by atoms with Crippen molar-refractivity contribution in [2.75, 3.05) is 6.61 Å². The fourth-order valence-corrected chi connectivity index (χ4v) is 5.98. The van der Waals surface area contributed by atoms with E-state index in [1.165, 1.54) is 70.6 Å². The second-order valence-corrected chi connectivity index (χ2v) is 11.2.